The summed E-state index contributed by atoms with van der Waals surface area (Å²) in [5.41, 5.74) is 11.1. The highest BCUT2D eigenvalue weighted by Crippen LogP contribution is 2.50. The molecule has 0 saturated carbocycles. The highest BCUT2D eigenvalue weighted by atomic mass is 15.0. The quantitative estimate of drug-likeness (QED) is 0.168. The summed E-state index contributed by atoms with van der Waals surface area (Å²) in [6, 6.07) is 64.9. The highest BCUT2D eigenvalue weighted by molar-refractivity contribution is 6.38. The van der Waals surface area contributed by atoms with Crippen molar-refractivity contribution in [3.8, 4) is 62.1 Å². The van der Waals surface area contributed by atoms with Crippen LogP contribution in [0.15, 0.2) is 182 Å². The molecule has 0 aliphatic heterocycles. The Kier molecular flexibility index (Phi) is 6.31. The van der Waals surface area contributed by atoms with Crippen molar-refractivity contribution in [2.75, 3.05) is 0 Å². The first kappa shape index (κ1) is 30.1. The molecule has 1 aliphatic carbocycles. The largest absolute Gasteiger partial charge is 0.309 e. The van der Waals surface area contributed by atoms with E-state index >= 15 is 0 Å². The summed E-state index contributed by atoms with van der Waals surface area (Å²) in [4.78, 5) is 15.1. The second-order valence-electron chi connectivity index (χ2n) is 14.4. The van der Waals surface area contributed by atoms with Gasteiger partial charge in [0.05, 0.1) is 11.0 Å². The topological polar surface area (TPSA) is 43.6 Å². The molecule has 0 atom stereocenters. The lowest BCUT2D eigenvalue weighted by atomic mass is 9.93. The summed E-state index contributed by atoms with van der Waals surface area (Å²) in [5, 5.41) is 10.5. The van der Waals surface area contributed by atoms with E-state index < -0.39 is 0 Å². The van der Waals surface area contributed by atoms with Gasteiger partial charge in [-0.1, -0.05) is 158 Å². The molecule has 254 valence electrons. The molecule has 0 N–H and O–H groups in total. The lowest BCUT2D eigenvalue weighted by Crippen LogP contribution is -2.01. The molecule has 0 spiro atoms. The van der Waals surface area contributed by atoms with Gasteiger partial charge < -0.3 is 4.57 Å². The number of fused-ring (bicyclic) bond motifs is 1. The van der Waals surface area contributed by atoms with E-state index in [2.05, 4.69) is 126 Å². The zero-order valence-electron chi connectivity index (χ0n) is 29.6. The molecular weight excluding hydrogens is 669 g/mol. The van der Waals surface area contributed by atoms with Crippen LogP contribution < -0.4 is 0 Å². The average Bonchev–Trinajstić information content (AvgIpc) is 3.54. The smallest absolute Gasteiger partial charge is 0.164 e. The van der Waals surface area contributed by atoms with Crippen molar-refractivity contribution >= 4 is 54.1 Å². The lowest BCUT2D eigenvalue weighted by molar-refractivity contribution is 1.07. The molecule has 0 bridgehead atoms. The summed E-state index contributed by atoms with van der Waals surface area (Å²) in [7, 11) is 0. The Morgan fingerprint density at radius 2 is 0.782 bits per heavy atom. The van der Waals surface area contributed by atoms with E-state index in [1.807, 2.05) is 60.7 Å². The van der Waals surface area contributed by atoms with Crippen LogP contribution in [0.4, 0.5) is 0 Å². The average molecular weight is 699 g/mol. The van der Waals surface area contributed by atoms with Crippen LogP contribution in [0.25, 0.3) is 116 Å². The fourth-order valence-corrected chi connectivity index (χ4v) is 8.96. The molecule has 1 aliphatic rings. The Morgan fingerprint density at radius 1 is 0.291 bits per heavy atom. The second-order valence-corrected chi connectivity index (χ2v) is 14.4. The fraction of sp³-hybridized carbons (Fsp3) is 0. The first-order chi connectivity index (χ1) is 27.3. The predicted molar refractivity (Wildman–Crippen MR) is 227 cm³/mol. The Morgan fingerprint density at radius 3 is 1.49 bits per heavy atom. The first-order valence-electron chi connectivity index (χ1n) is 18.7. The van der Waals surface area contributed by atoms with Gasteiger partial charge in [-0.3, -0.25) is 0 Å². The molecule has 0 amide bonds. The van der Waals surface area contributed by atoms with Gasteiger partial charge in [-0.2, -0.15) is 0 Å². The SMILES string of the molecule is c1ccc(-c2nc(-c3ccccc3)nc(-c3ccccc3-c3cccc(-n4c5cccc6c5c5c7c(ccc8ccc9cccc-6c9c87)ccc54)c3)n2)cc1. The third-order valence-corrected chi connectivity index (χ3v) is 11.3. The summed E-state index contributed by atoms with van der Waals surface area (Å²) < 4.78 is 2.45. The summed E-state index contributed by atoms with van der Waals surface area (Å²) >= 11 is 0. The van der Waals surface area contributed by atoms with Crippen molar-refractivity contribution in [1.29, 1.82) is 0 Å². The minimum Gasteiger partial charge on any atom is -0.309 e. The van der Waals surface area contributed by atoms with Crippen LogP contribution in [-0.2, 0) is 0 Å². The molecule has 4 nitrogen and oxygen atoms in total. The van der Waals surface area contributed by atoms with Crippen LogP contribution >= 0.6 is 0 Å². The van der Waals surface area contributed by atoms with Gasteiger partial charge in [-0.15, -0.1) is 0 Å². The van der Waals surface area contributed by atoms with E-state index in [1.54, 1.807) is 0 Å². The van der Waals surface area contributed by atoms with Crippen molar-refractivity contribution in [1.82, 2.24) is 19.5 Å². The number of nitrogens with zero attached hydrogens (tertiary/aromatic N) is 4. The Hall–Kier alpha value is -7.43. The van der Waals surface area contributed by atoms with Gasteiger partial charge in [0.15, 0.2) is 17.5 Å². The van der Waals surface area contributed by atoms with E-state index in [0.717, 1.165) is 33.5 Å². The van der Waals surface area contributed by atoms with Gasteiger partial charge in [-0.25, -0.2) is 15.0 Å². The van der Waals surface area contributed by atoms with Gasteiger partial charge in [0.25, 0.3) is 0 Å². The summed E-state index contributed by atoms with van der Waals surface area (Å²) in [6.07, 6.45) is 0. The molecule has 9 aromatic carbocycles. The van der Waals surface area contributed by atoms with Crippen LogP contribution in [-0.4, -0.2) is 19.5 Å². The van der Waals surface area contributed by atoms with Crippen LogP contribution in [0.1, 0.15) is 0 Å². The number of hydrogen-bond donors (Lipinski definition) is 0. The number of rotatable bonds is 5. The molecule has 0 saturated heterocycles. The maximum atomic E-state index is 5.10. The van der Waals surface area contributed by atoms with Gasteiger partial charge in [0.2, 0.25) is 0 Å². The molecular formula is C51H30N4. The second kappa shape index (κ2) is 11.5. The van der Waals surface area contributed by atoms with E-state index in [-0.39, 0.29) is 0 Å². The first-order valence-corrected chi connectivity index (χ1v) is 18.7. The predicted octanol–water partition coefficient (Wildman–Crippen LogP) is 13.1. The van der Waals surface area contributed by atoms with Crippen LogP contribution in [0.2, 0.25) is 0 Å². The van der Waals surface area contributed by atoms with Crippen LogP contribution in [0.5, 0.6) is 0 Å². The molecule has 4 heteroatoms. The number of aromatic nitrogens is 4. The minimum atomic E-state index is 0.640. The molecule has 2 aromatic heterocycles. The fourth-order valence-electron chi connectivity index (χ4n) is 8.96. The number of hydrogen-bond acceptors (Lipinski definition) is 3. The van der Waals surface area contributed by atoms with Crippen molar-refractivity contribution in [2.24, 2.45) is 0 Å². The molecule has 0 radical (unpaired) electrons. The Balaban J connectivity index is 1.09. The van der Waals surface area contributed by atoms with Crippen molar-refractivity contribution in [2.45, 2.75) is 0 Å². The maximum absolute atomic E-state index is 5.10. The molecule has 12 rings (SSSR count). The minimum absolute atomic E-state index is 0.640. The van der Waals surface area contributed by atoms with Crippen molar-refractivity contribution < 1.29 is 0 Å². The Labute approximate surface area is 316 Å². The number of benzene rings is 9. The van der Waals surface area contributed by atoms with Crippen molar-refractivity contribution in [3.05, 3.63) is 182 Å². The van der Waals surface area contributed by atoms with Gasteiger partial charge in [0.1, 0.15) is 0 Å². The van der Waals surface area contributed by atoms with E-state index in [0.29, 0.717) is 17.5 Å². The van der Waals surface area contributed by atoms with E-state index in [1.165, 1.54) is 65.3 Å². The maximum Gasteiger partial charge on any atom is 0.164 e. The summed E-state index contributed by atoms with van der Waals surface area (Å²) in [6.45, 7) is 0. The molecule has 55 heavy (non-hydrogen) atoms. The highest BCUT2D eigenvalue weighted by Gasteiger charge is 2.24. The van der Waals surface area contributed by atoms with E-state index in [9.17, 15) is 0 Å². The third kappa shape index (κ3) is 4.43. The standard InChI is InChI=1S/C51H30N4/c1-3-12-34(13-4-1)49-52-50(35-14-5-2-6-15-35)54-51(53-49)41-20-8-7-19-38(41)36-17-9-18-37(30-36)55-42-23-11-22-40-39-21-10-16-31-24-25-32-26-27-33-28-29-43(55)48(47(40)42)46(33)45(32)44(31)39/h1-30H. The molecule has 11 aromatic rings. The van der Waals surface area contributed by atoms with Crippen LogP contribution in [0, 0.1) is 0 Å². The van der Waals surface area contributed by atoms with Gasteiger partial charge in [-0.05, 0) is 73.5 Å². The van der Waals surface area contributed by atoms with Crippen molar-refractivity contribution in [3.63, 3.8) is 0 Å². The zero-order chi connectivity index (χ0) is 36.0. The zero-order valence-corrected chi connectivity index (χ0v) is 29.6. The molecule has 0 unspecified atom stereocenters. The van der Waals surface area contributed by atoms with Gasteiger partial charge >= 0.3 is 0 Å². The van der Waals surface area contributed by atoms with Crippen LogP contribution in [0.3, 0.4) is 0 Å². The van der Waals surface area contributed by atoms with E-state index in [4.69, 9.17) is 15.0 Å². The third-order valence-electron chi connectivity index (χ3n) is 11.3. The lowest BCUT2D eigenvalue weighted by Gasteiger charge is -2.15. The molecule has 2 heterocycles. The monoisotopic (exact) mass is 698 g/mol. The molecule has 0 fully saturated rings. The summed E-state index contributed by atoms with van der Waals surface area (Å²) in [5.74, 6) is 1.93. The van der Waals surface area contributed by atoms with Gasteiger partial charge in [0, 0.05) is 38.5 Å². The normalized spacial score (nSPS) is 12.0. The Bertz CT molecular complexity index is 3300.